The zero-order chi connectivity index (χ0) is 19.6. The first-order valence-corrected chi connectivity index (χ1v) is 7.74. The molecule has 12 heteroatoms. The lowest BCUT2D eigenvalue weighted by Crippen LogP contribution is -2.41. The Hall–Kier alpha value is -3.44. The van der Waals surface area contributed by atoms with Crippen LogP contribution in [0.1, 0.15) is 29.0 Å². The van der Waals surface area contributed by atoms with E-state index in [0.717, 1.165) is 0 Å². The number of hydrogen-bond donors (Lipinski definition) is 4. The summed E-state index contributed by atoms with van der Waals surface area (Å²) in [6.07, 6.45) is -5.02. The van der Waals surface area contributed by atoms with Crippen molar-refractivity contribution in [2.24, 2.45) is 0 Å². The van der Waals surface area contributed by atoms with E-state index in [1.54, 1.807) is 29.4 Å². The smallest absolute Gasteiger partial charge is 0.340 e. The van der Waals surface area contributed by atoms with Crippen molar-refractivity contribution < 1.29 is 27.6 Å². The second kappa shape index (κ2) is 7.05. The zero-order valence-corrected chi connectivity index (χ0v) is 13.6. The fraction of sp³-hybridized carbons (Fsp3) is 0.267. The van der Waals surface area contributed by atoms with Gasteiger partial charge in [-0.1, -0.05) is 12.1 Å². The number of carbonyl (C=O) groups is 3. The highest BCUT2D eigenvalue weighted by Crippen LogP contribution is 2.26. The molecule has 1 atom stereocenters. The molecule has 0 saturated heterocycles. The maximum absolute atomic E-state index is 12.4. The lowest BCUT2D eigenvalue weighted by atomic mass is 10.1. The number of para-hydroxylation sites is 1. The Morgan fingerprint density at radius 1 is 1.22 bits per heavy atom. The maximum atomic E-state index is 12.4. The highest BCUT2D eigenvalue weighted by Gasteiger charge is 2.35. The highest BCUT2D eigenvalue weighted by molar-refractivity contribution is 6.09. The zero-order valence-electron chi connectivity index (χ0n) is 13.6. The van der Waals surface area contributed by atoms with Crippen LogP contribution >= 0.6 is 0 Å². The molecule has 3 rings (SSSR count). The molecule has 0 unspecified atom stereocenters. The van der Waals surface area contributed by atoms with Crippen LogP contribution in [0.4, 0.5) is 24.8 Å². The number of hydrogen-bond acceptors (Lipinski definition) is 5. The van der Waals surface area contributed by atoms with Crippen LogP contribution in [0, 0.1) is 0 Å². The number of nitrogens with zero attached hydrogens (tertiary/aromatic N) is 2. The van der Waals surface area contributed by atoms with E-state index in [2.05, 4.69) is 26.0 Å². The van der Waals surface area contributed by atoms with Crippen LogP contribution in [0.25, 0.3) is 0 Å². The molecule has 1 aromatic carbocycles. The van der Waals surface area contributed by atoms with Crippen molar-refractivity contribution in [3.05, 3.63) is 35.7 Å². The Labute approximate surface area is 149 Å². The monoisotopic (exact) mass is 382 g/mol. The van der Waals surface area contributed by atoms with Gasteiger partial charge in [-0.3, -0.25) is 24.8 Å². The number of fused-ring (bicyclic) bond motifs is 1. The summed E-state index contributed by atoms with van der Waals surface area (Å²) in [6, 6.07) is 5.44. The molecule has 1 aliphatic heterocycles. The third-order valence-electron chi connectivity index (χ3n) is 3.72. The molecule has 2 aromatic rings. The molecule has 0 radical (unpaired) electrons. The minimum absolute atomic E-state index is 0.0616. The lowest BCUT2D eigenvalue weighted by molar-refractivity contribution is -0.144. The van der Waals surface area contributed by atoms with E-state index in [4.69, 9.17) is 0 Å². The fourth-order valence-electron chi connectivity index (χ4n) is 2.42. The van der Waals surface area contributed by atoms with Crippen molar-refractivity contribution in [1.29, 1.82) is 0 Å². The number of H-pyrrole nitrogens is 1. The molecular formula is C15H13F3N6O3. The molecule has 27 heavy (non-hydrogen) atoms. The number of alkyl halides is 3. The van der Waals surface area contributed by atoms with E-state index in [9.17, 15) is 27.6 Å². The summed E-state index contributed by atoms with van der Waals surface area (Å²) in [5.74, 6) is -3.55. The van der Waals surface area contributed by atoms with Crippen molar-refractivity contribution in [3.63, 3.8) is 0 Å². The molecule has 3 amide bonds. The fourth-order valence-corrected chi connectivity index (χ4v) is 2.42. The topological polar surface area (TPSA) is 129 Å². The van der Waals surface area contributed by atoms with Gasteiger partial charge in [0.15, 0.2) is 0 Å². The SMILES string of the molecule is O=C(CC[C@H]1NC(=O)c2ccccc2NC1=O)Nc1n[nH]c(C(F)(F)F)n1. The Balaban J connectivity index is 1.58. The number of halogens is 3. The van der Waals surface area contributed by atoms with E-state index < -0.39 is 41.7 Å². The second-order valence-corrected chi connectivity index (χ2v) is 5.65. The van der Waals surface area contributed by atoms with Crippen molar-refractivity contribution in [3.8, 4) is 0 Å². The van der Waals surface area contributed by atoms with Crippen molar-refractivity contribution in [2.45, 2.75) is 25.1 Å². The van der Waals surface area contributed by atoms with Crippen molar-refractivity contribution in [2.75, 3.05) is 10.6 Å². The average molecular weight is 382 g/mol. The van der Waals surface area contributed by atoms with E-state index in [0.29, 0.717) is 11.3 Å². The van der Waals surface area contributed by atoms with E-state index in [1.807, 2.05) is 0 Å². The van der Waals surface area contributed by atoms with E-state index >= 15 is 0 Å². The molecular weight excluding hydrogens is 369 g/mol. The number of nitrogens with one attached hydrogen (secondary N) is 4. The summed E-state index contributed by atoms with van der Waals surface area (Å²) in [7, 11) is 0. The normalized spacial score (nSPS) is 16.8. The Kier molecular flexibility index (Phi) is 4.79. The predicted octanol–water partition coefficient (Wildman–Crippen LogP) is 1.29. The van der Waals surface area contributed by atoms with Gasteiger partial charge in [-0.2, -0.15) is 18.2 Å². The summed E-state index contributed by atoms with van der Waals surface area (Å²) in [6.45, 7) is 0. The van der Waals surface area contributed by atoms with Crippen LogP contribution in [-0.2, 0) is 15.8 Å². The summed E-state index contributed by atoms with van der Waals surface area (Å²) >= 11 is 0. The number of aromatic nitrogens is 3. The van der Waals surface area contributed by atoms with Crippen LogP contribution in [0.2, 0.25) is 0 Å². The Morgan fingerprint density at radius 3 is 2.67 bits per heavy atom. The first-order valence-electron chi connectivity index (χ1n) is 7.74. The van der Waals surface area contributed by atoms with Gasteiger partial charge in [0.05, 0.1) is 11.3 Å². The van der Waals surface area contributed by atoms with Gasteiger partial charge in [0.1, 0.15) is 6.04 Å². The van der Waals surface area contributed by atoms with Crippen LogP contribution in [0.15, 0.2) is 24.3 Å². The quantitative estimate of drug-likeness (QED) is 0.633. The van der Waals surface area contributed by atoms with Gasteiger partial charge >= 0.3 is 6.18 Å². The Bertz CT molecular complexity index is 895. The summed E-state index contributed by atoms with van der Waals surface area (Å²) in [4.78, 5) is 39.3. The molecule has 0 bridgehead atoms. The second-order valence-electron chi connectivity index (χ2n) is 5.65. The molecule has 142 valence electrons. The van der Waals surface area contributed by atoms with Gasteiger partial charge in [0.2, 0.25) is 23.6 Å². The first kappa shape index (κ1) is 18.4. The van der Waals surface area contributed by atoms with Crippen LogP contribution < -0.4 is 16.0 Å². The molecule has 0 saturated carbocycles. The van der Waals surface area contributed by atoms with Gasteiger partial charge in [-0.05, 0) is 18.6 Å². The van der Waals surface area contributed by atoms with Gasteiger partial charge in [-0.15, -0.1) is 5.10 Å². The highest BCUT2D eigenvalue weighted by atomic mass is 19.4. The standard InChI is InChI=1S/C15H13F3N6O3/c16-15(17,18)13-22-14(24-23-13)21-10(25)6-5-9-12(27)19-8-4-2-1-3-7(8)11(26)20-9/h1-4,9H,5-6H2,(H,19,27)(H,20,26)(H2,21,22,23,24,25)/t9-/m1/s1. The number of rotatable bonds is 4. The maximum Gasteiger partial charge on any atom is 0.451 e. The molecule has 9 nitrogen and oxygen atoms in total. The van der Waals surface area contributed by atoms with Crippen LogP contribution in [-0.4, -0.2) is 38.9 Å². The molecule has 1 aromatic heterocycles. The number of amides is 3. The van der Waals surface area contributed by atoms with Gasteiger partial charge < -0.3 is 10.6 Å². The van der Waals surface area contributed by atoms with Gasteiger partial charge in [0.25, 0.3) is 5.91 Å². The van der Waals surface area contributed by atoms with Gasteiger partial charge in [0, 0.05) is 6.42 Å². The van der Waals surface area contributed by atoms with E-state index in [1.165, 1.54) is 0 Å². The number of benzene rings is 1. The lowest BCUT2D eigenvalue weighted by Gasteiger charge is -2.13. The third-order valence-corrected chi connectivity index (χ3v) is 3.72. The number of anilines is 2. The molecule has 2 heterocycles. The molecule has 1 aliphatic rings. The van der Waals surface area contributed by atoms with Crippen molar-refractivity contribution >= 4 is 29.4 Å². The van der Waals surface area contributed by atoms with E-state index in [-0.39, 0.29) is 12.8 Å². The average Bonchev–Trinajstić information content (AvgIpc) is 3.03. The molecule has 0 aliphatic carbocycles. The summed E-state index contributed by atoms with van der Waals surface area (Å²) in [5, 5.41) is 12.1. The molecule has 4 N–H and O–H groups in total. The summed E-state index contributed by atoms with van der Waals surface area (Å²) in [5.41, 5.74) is 0.644. The number of aromatic amines is 1. The first-order chi connectivity index (χ1) is 12.7. The largest absolute Gasteiger partial charge is 0.451 e. The summed E-state index contributed by atoms with van der Waals surface area (Å²) < 4.78 is 37.3. The van der Waals surface area contributed by atoms with Gasteiger partial charge in [-0.25, -0.2) is 0 Å². The Morgan fingerprint density at radius 2 is 1.96 bits per heavy atom. The third kappa shape index (κ3) is 4.22. The minimum atomic E-state index is -4.71. The predicted molar refractivity (Wildman–Crippen MR) is 85.6 cm³/mol. The van der Waals surface area contributed by atoms with Crippen molar-refractivity contribution in [1.82, 2.24) is 20.5 Å². The number of carbonyl (C=O) groups excluding carboxylic acids is 3. The van der Waals surface area contributed by atoms with Crippen LogP contribution in [0.5, 0.6) is 0 Å². The minimum Gasteiger partial charge on any atom is -0.340 e. The molecule has 0 fully saturated rings. The van der Waals surface area contributed by atoms with Crippen LogP contribution in [0.3, 0.4) is 0 Å². The molecule has 0 spiro atoms.